The fraction of sp³-hybridized carbons (Fsp3) is 0.273. The van der Waals surface area contributed by atoms with E-state index >= 15 is 0 Å². The number of carbonyl (C=O) groups is 1. The molecule has 1 amide bonds. The molecule has 2 aromatic carbocycles. The Morgan fingerprint density at radius 2 is 1.74 bits per heavy atom. The number of rotatable bonds is 5. The second-order valence-corrected chi connectivity index (χ2v) is 8.43. The summed E-state index contributed by atoms with van der Waals surface area (Å²) in [6, 6.07) is 10.7. The smallest absolute Gasteiger partial charge is 0.374 e. The summed E-state index contributed by atoms with van der Waals surface area (Å²) < 4.78 is 41.9. The summed E-state index contributed by atoms with van der Waals surface area (Å²) >= 11 is 11.8. The van der Waals surface area contributed by atoms with Gasteiger partial charge in [0.2, 0.25) is 5.91 Å². The van der Waals surface area contributed by atoms with Crippen LogP contribution in [0.15, 0.2) is 53.7 Å². The van der Waals surface area contributed by atoms with E-state index in [0.717, 1.165) is 18.4 Å². The van der Waals surface area contributed by atoms with Gasteiger partial charge in [-0.3, -0.25) is 4.79 Å². The molecule has 1 N–H and O–H groups in total. The minimum Gasteiger partial charge on any atom is -0.374 e. The summed E-state index contributed by atoms with van der Waals surface area (Å²) in [6.07, 6.45) is -0.320. The zero-order chi connectivity index (χ0) is 22.2. The average molecular weight is 469 g/mol. The molecule has 1 aliphatic carbocycles. The van der Waals surface area contributed by atoms with Gasteiger partial charge in [-0.2, -0.15) is 13.2 Å². The van der Waals surface area contributed by atoms with E-state index in [0.29, 0.717) is 5.69 Å². The van der Waals surface area contributed by atoms with Gasteiger partial charge in [-0.05, 0) is 54.8 Å². The van der Waals surface area contributed by atoms with Crippen molar-refractivity contribution in [3.63, 3.8) is 0 Å². The number of oxime groups is 1. The highest BCUT2D eigenvalue weighted by molar-refractivity contribution is 6.34. The Morgan fingerprint density at radius 1 is 1.10 bits per heavy atom. The third-order valence-corrected chi connectivity index (χ3v) is 5.57. The number of anilines is 1. The van der Waals surface area contributed by atoms with Crippen LogP contribution in [0.4, 0.5) is 18.9 Å². The molecule has 0 aromatic heterocycles. The molecule has 1 heterocycles. The fourth-order valence-corrected chi connectivity index (χ4v) is 3.79. The van der Waals surface area contributed by atoms with E-state index in [9.17, 15) is 18.0 Å². The molecular weight excluding hydrogens is 452 g/mol. The maximum absolute atomic E-state index is 14.0. The minimum atomic E-state index is -4.73. The summed E-state index contributed by atoms with van der Waals surface area (Å²) in [4.78, 5) is 16.7. The maximum Gasteiger partial charge on any atom is 0.435 e. The van der Waals surface area contributed by atoms with Gasteiger partial charge in [0.25, 0.3) is 5.60 Å². The van der Waals surface area contributed by atoms with E-state index in [-0.39, 0.29) is 33.1 Å². The van der Waals surface area contributed by atoms with Crippen LogP contribution in [0.5, 0.6) is 0 Å². The lowest BCUT2D eigenvalue weighted by Crippen LogP contribution is -2.42. The number of alkyl halides is 3. The van der Waals surface area contributed by atoms with Gasteiger partial charge in [-0.15, -0.1) is 0 Å². The molecular formula is C22H17Cl2F3N2O2. The summed E-state index contributed by atoms with van der Waals surface area (Å²) in [5.41, 5.74) is -1.33. The molecule has 162 valence electrons. The van der Waals surface area contributed by atoms with Crippen molar-refractivity contribution in [2.75, 3.05) is 5.32 Å². The second kappa shape index (κ2) is 8.20. The molecule has 1 aliphatic heterocycles. The molecule has 2 aliphatic rings. The number of hydrogen-bond donors (Lipinski definition) is 1. The number of amides is 1. The molecule has 4 rings (SSSR count). The SMILES string of the molecule is O=C(Nc1ccc(/C=C\C2=NOC(c3cc(Cl)cc(Cl)c3)(C(F)(F)F)C2)cc1)C1CC1. The number of carbonyl (C=O) groups excluding carboxylic acids is 1. The Hall–Kier alpha value is -2.51. The molecule has 0 bridgehead atoms. The van der Waals surface area contributed by atoms with Crippen LogP contribution in [0.3, 0.4) is 0 Å². The maximum atomic E-state index is 14.0. The van der Waals surface area contributed by atoms with Crippen molar-refractivity contribution < 1.29 is 22.8 Å². The number of hydrogen-bond acceptors (Lipinski definition) is 3. The van der Waals surface area contributed by atoms with E-state index in [1.165, 1.54) is 24.3 Å². The highest BCUT2D eigenvalue weighted by atomic mass is 35.5. The molecule has 0 radical (unpaired) electrons. The van der Waals surface area contributed by atoms with Crippen LogP contribution < -0.4 is 5.32 Å². The number of nitrogens with zero attached hydrogens (tertiary/aromatic N) is 1. The van der Waals surface area contributed by atoms with Crippen LogP contribution in [0.25, 0.3) is 6.08 Å². The van der Waals surface area contributed by atoms with Crippen LogP contribution in [-0.4, -0.2) is 17.8 Å². The average Bonchev–Trinajstić information content (AvgIpc) is 3.45. The van der Waals surface area contributed by atoms with Crippen molar-refractivity contribution in [3.05, 3.63) is 69.7 Å². The van der Waals surface area contributed by atoms with Gasteiger partial charge >= 0.3 is 6.18 Å². The summed E-state index contributed by atoms with van der Waals surface area (Å²) in [7, 11) is 0. The summed E-state index contributed by atoms with van der Waals surface area (Å²) in [6.45, 7) is 0. The predicted octanol–water partition coefficient (Wildman–Crippen LogP) is 6.59. The normalized spacial score (nSPS) is 21.1. The van der Waals surface area contributed by atoms with E-state index in [1.54, 1.807) is 30.3 Å². The lowest BCUT2D eigenvalue weighted by atomic mass is 9.88. The van der Waals surface area contributed by atoms with Gasteiger partial charge in [-0.25, -0.2) is 0 Å². The van der Waals surface area contributed by atoms with Gasteiger partial charge in [0.05, 0.1) is 5.71 Å². The molecule has 1 saturated carbocycles. The lowest BCUT2D eigenvalue weighted by Gasteiger charge is -2.29. The van der Waals surface area contributed by atoms with Crippen LogP contribution in [0, 0.1) is 5.92 Å². The number of benzene rings is 2. The first-order chi connectivity index (χ1) is 14.7. The molecule has 4 nitrogen and oxygen atoms in total. The quantitative estimate of drug-likeness (QED) is 0.537. The number of nitrogens with one attached hydrogen (secondary N) is 1. The topological polar surface area (TPSA) is 50.7 Å². The third-order valence-electron chi connectivity index (χ3n) is 5.13. The van der Waals surface area contributed by atoms with E-state index in [1.807, 2.05) is 0 Å². The monoisotopic (exact) mass is 468 g/mol. The minimum absolute atomic E-state index is 0.00496. The van der Waals surface area contributed by atoms with Gasteiger partial charge < -0.3 is 10.2 Å². The molecule has 1 atom stereocenters. The first-order valence-corrected chi connectivity index (χ1v) is 10.3. The van der Waals surface area contributed by atoms with Crippen molar-refractivity contribution in [1.29, 1.82) is 0 Å². The molecule has 0 spiro atoms. The number of allylic oxidation sites excluding steroid dienone is 1. The Labute approximate surface area is 186 Å². The van der Waals surface area contributed by atoms with Gasteiger partial charge in [0, 0.05) is 33.6 Å². The largest absolute Gasteiger partial charge is 0.435 e. The van der Waals surface area contributed by atoms with Gasteiger partial charge in [0.15, 0.2) is 0 Å². The van der Waals surface area contributed by atoms with E-state index < -0.39 is 18.2 Å². The Kier molecular flexibility index (Phi) is 5.75. The van der Waals surface area contributed by atoms with Gasteiger partial charge in [-0.1, -0.05) is 46.6 Å². The lowest BCUT2D eigenvalue weighted by molar-refractivity contribution is -0.275. The Morgan fingerprint density at radius 3 is 2.32 bits per heavy atom. The number of halogens is 5. The van der Waals surface area contributed by atoms with Crippen molar-refractivity contribution in [1.82, 2.24) is 0 Å². The Balaban J connectivity index is 1.48. The second-order valence-electron chi connectivity index (χ2n) is 7.55. The van der Waals surface area contributed by atoms with Crippen LogP contribution >= 0.6 is 23.2 Å². The molecule has 31 heavy (non-hydrogen) atoms. The van der Waals surface area contributed by atoms with Crippen molar-refractivity contribution in [2.45, 2.75) is 31.0 Å². The van der Waals surface area contributed by atoms with Crippen molar-refractivity contribution >= 4 is 46.6 Å². The zero-order valence-electron chi connectivity index (χ0n) is 16.0. The van der Waals surface area contributed by atoms with E-state index in [4.69, 9.17) is 28.0 Å². The molecule has 1 unspecified atom stereocenters. The highest BCUT2D eigenvalue weighted by Crippen LogP contribution is 2.49. The Bertz CT molecular complexity index is 1040. The standard InChI is InChI=1S/C22H17Cl2F3N2O2/c23-16-9-15(10-17(24)11-16)21(22(25,26)27)12-19(29-31-21)8-3-13-1-6-18(7-2-13)28-20(30)14-4-5-14/h1-3,6-11,14H,4-5,12H2,(H,28,30)/b8-3-. The van der Waals surface area contributed by atoms with Crippen molar-refractivity contribution in [2.24, 2.45) is 11.1 Å². The fourth-order valence-electron chi connectivity index (χ4n) is 3.26. The molecule has 9 heteroatoms. The van der Waals surface area contributed by atoms with Crippen LogP contribution in [0.1, 0.15) is 30.4 Å². The predicted molar refractivity (Wildman–Crippen MR) is 114 cm³/mol. The third kappa shape index (κ3) is 4.72. The molecule has 1 fully saturated rings. The van der Waals surface area contributed by atoms with Crippen molar-refractivity contribution in [3.8, 4) is 0 Å². The first kappa shape index (κ1) is 21.7. The molecule has 2 aromatic rings. The molecule has 0 saturated heterocycles. The summed E-state index contributed by atoms with van der Waals surface area (Å²) in [5.74, 6) is 0.105. The summed E-state index contributed by atoms with van der Waals surface area (Å²) in [5, 5.41) is 6.64. The first-order valence-electron chi connectivity index (χ1n) is 9.54. The van der Waals surface area contributed by atoms with Gasteiger partial charge in [0.1, 0.15) is 0 Å². The van der Waals surface area contributed by atoms with Crippen LogP contribution in [-0.2, 0) is 15.2 Å². The zero-order valence-corrected chi connectivity index (χ0v) is 17.6. The highest BCUT2D eigenvalue weighted by Gasteiger charge is 2.62. The van der Waals surface area contributed by atoms with Crippen LogP contribution in [0.2, 0.25) is 10.0 Å². The van der Waals surface area contributed by atoms with E-state index in [2.05, 4.69) is 10.5 Å².